The number of rotatable bonds is 3. The van der Waals surface area contributed by atoms with E-state index in [1.807, 2.05) is 6.20 Å². The number of nitrogens with zero attached hydrogens (tertiary/aromatic N) is 3. The lowest BCUT2D eigenvalue weighted by Gasteiger charge is -2.20. The van der Waals surface area contributed by atoms with Gasteiger partial charge in [0.1, 0.15) is 5.65 Å². The Labute approximate surface area is 147 Å². The fourth-order valence-corrected chi connectivity index (χ4v) is 4.57. The van der Waals surface area contributed by atoms with Crippen molar-refractivity contribution < 1.29 is 0 Å². The van der Waals surface area contributed by atoms with Crippen LogP contribution in [0.25, 0.3) is 22.3 Å². The van der Waals surface area contributed by atoms with E-state index in [2.05, 4.69) is 52.1 Å². The molecule has 1 saturated heterocycles. The van der Waals surface area contributed by atoms with Crippen LogP contribution < -0.4 is 5.32 Å². The standard InChI is InChI=1S/C20H25N5/c1-3-13(2)16-11-23-19-15(16)8-14(10-22-19)17-9-18-20(4-6-21-12-20)5-7-25(18)24-17/h8-11,13,21H,3-7,12H2,1-2H3,(H,22,23). The minimum atomic E-state index is 0.304. The van der Waals surface area contributed by atoms with Crippen LogP contribution in [0.5, 0.6) is 0 Å². The van der Waals surface area contributed by atoms with Crippen molar-refractivity contribution in [2.45, 2.75) is 51.0 Å². The molecular weight excluding hydrogens is 310 g/mol. The molecule has 2 atom stereocenters. The Morgan fingerprint density at radius 1 is 1.32 bits per heavy atom. The molecule has 1 fully saturated rings. The number of fused-ring (bicyclic) bond motifs is 3. The minimum Gasteiger partial charge on any atom is -0.346 e. The second kappa shape index (κ2) is 5.43. The van der Waals surface area contributed by atoms with Crippen LogP contribution in [-0.4, -0.2) is 32.8 Å². The predicted molar refractivity (Wildman–Crippen MR) is 99.8 cm³/mol. The first-order valence-corrected chi connectivity index (χ1v) is 9.47. The molecule has 0 bridgehead atoms. The number of hydrogen-bond donors (Lipinski definition) is 2. The minimum absolute atomic E-state index is 0.304. The second-order valence-electron chi connectivity index (χ2n) is 7.77. The van der Waals surface area contributed by atoms with E-state index >= 15 is 0 Å². The van der Waals surface area contributed by atoms with E-state index in [4.69, 9.17) is 5.10 Å². The van der Waals surface area contributed by atoms with Crippen molar-refractivity contribution in [2.75, 3.05) is 13.1 Å². The van der Waals surface area contributed by atoms with Crippen LogP contribution in [0.3, 0.4) is 0 Å². The molecule has 25 heavy (non-hydrogen) atoms. The predicted octanol–water partition coefficient (Wildman–Crippen LogP) is 3.57. The monoisotopic (exact) mass is 335 g/mol. The fraction of sp³-hybridized carbons (Fsp3) is 0.500. The second-order valence-corrected chi connectivity index (χ2v) is 7.77. The molecule has 0 saturated carbocycles. The van der Waals surface area contributed by atoms with Gasteiger partial charge in [0, 0.05) is 47.5 Å². The summed E-state index contributed by atoms with van der Waals surface area (Å²) in [4.78, 5) is 7.97. The van der Waals surface area contributed by atoms with Crippen LogP contribution in [0.2, 0.25) is 0 Å². The SMILES string of the molecule is CCC(C)c1c[nH]c2ncc(-c3cc4n(n3)CCC43CCNC3)cc12. The van der Waals surface area contributed by atoms with Gasteiger partial charge in [0.15, 0.2) is 0 Å². The zero-order valence-electron chi connectivity index (χ0n) is 15.0. The van der Waals surface area contributed by atoms with Crippen LogP contribution in [0, 0.1) is 0 Å². The zero-order valence-corrected chi connectivity index (χ0v) is 15.0. The molecule has 1 spiro atoms. The van der Waals surface area contributed by atoms with E-state index in [0.717, 1.165) is 43.0 Å². The number of H-pyrrole nitrogens is 1. The highest BCUT2D eigenvalue weighted by molar-refractivity contribution is 5.84. The number of nitrogens with one attached hydrogen (secondary N) is 2. The van der Waals surface area contributed by atoms with Gasteiger partial charge in [-0.1, -0.05) is 13.8 Å². The third kappa shape index (κ3) is 2.18. The molecule has 5 heterocycles. The first-order valence-electron chi connectivity index (χ1n) is 9.47. The van der Waals surface area contributed by atoms with Crippen LogP contribution >= 0.6 is 0 Å². The summed E-state index contributed by atoms with van der Waals surface area (Å²) in [7, 11) is 0. The van der Waals surface area contributed by atoms with Crippen molar-refractivity contribution >= 4 is 11.0 Å². The van der Waals surface area contributed by atoms with Crippen molar-refractivity contribution in [2.24, 2.45) is 0 Å². The van der Waals surface area contributed by atoms with Gasteiger partial charge in [0.2, 0.25) is 0 Å². The fourth-order valence-electron chi connectivity index (χ4n) is 4.57. The average Bonchev–Trinajstić information content (AvgIpc) is 3.40. The highest BCUT2D eigenvalue weighted by atomic mass is 15.3. The van der Waals surface area contributed by atoms with Crippen molar-refractivity contribution in [3.8, 4) is 11.3 Å². The molecule has 0 aliphatic carbocycles. The summed E-state index contributed by atoms with van der Waals surface area (Å²) in [5.74, 6) is 0.533. The lowest BCUT2D eigenvalue weighted by atomic mass is 9.82. The van der Waals surface area contributed by atoms with Gasteiger partial charge in [-0.3, -0.25) is 4.68 Å². The van der Waals surface area contributed by atoms with E-state index < -0.39 is 0 Å². The third-order valence-electron chi connectivity index (χ3n) is 6.37. The third-order valence-corrected chi connectivity index (χ3v) is 6.37. The Morgan fingerprint density at radius 3 is 3.04 bits per heavy atom. The molecule has 3 aromatic heterocycles. The van der Waals surface area contributed by atoms with E-state index in [-0.39, 0.29) is 0 Å². The topological polar surface area (TPSA) is 58.5 Å². The van der Waals surface area contributed by atoms with Gasteiger partial charge in [-0.05, 0) is 49.4 Å². The van der Waals surface area contributed by atoms with Gasteiger partial charge in [-0.2, -0.15) is 5.10 Å². The summed E-state index contributed by atoms with van der Waals surface area (Å²) in [6, 6.07) is 4.57. The lowest BCUT2D eigenvalue weighted by Crippen LogP contribution is -2.25. The normalized spacial score (nSPS) is 23.6. The Hall–Kier alpha value is -2.14. The zero-order chi connectivity index (χ0) is 17.0. The first kappa shape index (κ1) is 15.1. The molecule has 0 aromatic carbocycles. The summed E-state index contributed by atoms with van der Waals surface area (Å²) in [5, 5.41) is 9.67. The molecule has 2 unspecified atom stereocenters. The van der Waals surface area contributed by atoms with E-state index in [1.165, 1.54) is 29.5 Å². The van der Waals surface area contributed by atoms with E-state index in [0.29, 0.717) is 11.3 Å². The maximum atomic E-state index is 4.90. The van der Waals surface area contributed by atoms with Crippen LogP contribution in [-0.2, 0) is 12.0 Å². The molecule has 5 nitrogen and oxygen atoms in total. The van der Waals surface area contributed by atoms with Gasteiger partial charge >= 0.3 is 0 Å². The lowest BCUT2D eigenvalue weighted by molar-refractivity contribution is 0.467. The van der Waals surface area contributed by atoms with Gasteiger partial charge in [-0.25, -0.2) is 4.98 Å². The first-order chi connectivity index (χ1) is 12.2. The van der Waals surface area contributed by atoms with Crippen LogP contribution in [0.1, 0.15) is 50.3 Å². The molecule has 2 aliphatic heterocycles. The molecule has 130 valence electrons. The average molecular weight is 335 g/mol. The number of aromatic amines is 1. The quantitative estimate of drug-likeness (QED) is 0.769. The van der Waals surface area contributed by atoms with Crippen molar-refractivity contribution in [1.29, 1.82) is 0 Å². The number of hydrogen-bond acceptors (Lipinski definition) is 3. The molecular formula is C20H25N5. The van der Waals surface area contributed by atoms with Gasteiger partial charge < -0.3 is 10.3 Å². The summed E-state index contributed by atoms with van der Waals surface area (Å²) < 4.78 is 2.22. The Morgan fingerprint density at radius 2 is 2.24 bits per heavy atom. The molecule has 0 amide bonds. The van der Waals surface area contributed by atoms with Crippen molar-refractivity contribution in [3.05, 3.63) is 35.8 Å². The Kier molecular flexibility index (Phi) is 3.29. The molecule has 5 rings (SSSR count). The molecule has 0 radical (unpaired) electrons. The number of aromatic nitrogens is 4. The highest BCUT2D eigenvalue weighted by Gasteiger charge is 2.42. The van der Waals surface area contributed by atoms with E-state index in [9.17, 15) is 0 Å². The van der Waals surface area contributed by atoms with Crippen LogP contribution in [0.4, 0.5) is 0 Å². The Balaban J connectivity index is 1.58. The smallest absolute Gasteiger partial charge is 0.137 e. The maximum absolute atomic E-state index is 4.90. The highest BCUT2D eigenvalue weighted by Crippen LogP contribution is 2.41. The van der Waals surface area contributed by atoms with E-state index in [1.54, 1.807) is 0 Å². The van der Waals surface area contributed by atoms with Crippen molar-refractivity contribution in [1.82, 2.24) is 25.1 Å². The van der Waals surface area contributed by atoms with Gasteiger partial charge in [0.05, 0.1) is 5.69 Å². The van der Waals surface area contributed by atoms with Gasteiger partial charge in [0.25, 0.3) is 0 Å². The molecule has 2 N–H and O–H groups in total. The summed E-state index contributed by atoms with van der Waals surface area (Å²) in [6.45, 7) is 7.75. The summed E-state index contributed by atoms with van der Waals surface area (Å²) in [5.41, 5.74) is 6.23. The number of aryl methyl sites for hydroxylation is 1. The van der Waals surface area contributed by atoms with Crippen LogP contribution in [0.15, 0.2) is 24.5 Å². The molecule has 3 aromatic rings. The Bertz CT molecular complexity index is 929. The molecule has 2 aliphatic rings. The molecule has 5 heteroatoms. The van der Waals surface area contributed by atoms with Crippen molar-refractivity contribution in [3.63, 3.8) is 0 Å². The van der Waals surface area contributed by atoms with Gasteiger partial charge in [-0.15, -0.1) is 0 Å². The summed E-state index contributed by atoms with van der Waals surface area (Å²) in [6.07, 6.45) is 7.64. The largest absolute Gasteiger partial charge is 0.346 e. The number of pyridine rings is 1. The maximum Gasteiger partial charge on any atom is 0.137 e. The summed E-state index contributed by atoms with van der Waals surface area (Å²) >= 11 is 0.